The molecule has 11 heteroatoms. The van der Waals surface area contributed by atoms with Crippen LogP contribution in [0.25, 0.3) is 10.9 Å². The number of fused-ring (bicyclic) bond motifs is 2. The summed E-state index contributed by atoms with van der Waals surface area (Å²) in [6.07, 6.45) is -4.34. The van der Waals surface area contributed by atoms with Crippen LogP contribution in [0.4, 0.5) is 28.9 Å². The molecule has 1 fully saturated rings. The quantitative estimate of drug-likeness (QED) is 0.577. The number of anilines is 2. The van der Waals surface area contributed by atoms with E-state index in [2.05, 4.69) is 15.5 Å². The fourth-order valence-corrected chi connectivity index (χ4v) is 4.53. The van der Waals surface area contributed by atoms with E-state index in [4.69, 9.17) is 0 Å². The summed E-state index contributed by atoms with van der Waals surface area (Å²) in [6.45, 7) is -0.279. The van der Waals surface area contributed by atoms with Gasteiger partial charge < -0.3 is 15.1 Å². The normalized spacial score (nSPS) is 18.3. The predicted octanol–water partition coefficient (Wildman–Crippen LogP) is 3.95. The summed E-state index contributed by atoms with van der Waals surface area (Å²) in [5.74, 6) is -1.81. The van der Waals surface area contributed by atoms with E-state index in [9.17, 15) is 27.2 Å². The van der Waals surface area contributed by atoms with Gasteiger partial charge in [0, 0.05) is 18.8 Å². The lowest BCUT2D eigenvalue weighted by Crippen LogP contribution is -2.48. The Hall–Kier alpha value is -3.63. The van der Waals surface area contributed by atoms with Gasteiger partial charge in [-0.05, 0) is 42.7 Å². The van der Waals surface area contributed by atoms with Gasteiger partial charge in [-0.15, -0.1) is 5.10 Å². The second kappa shape index (κ2) is 7.75. The molecule has 2 N–H and O–H groups in total. The number of aromatic amines is 1. The van der Waals surface area contributed by atoms with E-state index in [0.717, 1.165) is 4.90 Å². The van der Waals surface area contributed by atoms with Gasteiger partial charge in [0.15, 0.2) is 0 Å². The van der Waals surface area contributed by atoms with Crippen LogP contribution in [0.15, 0.2) is 36.4 Å². The number of benzene rings is 2. The number of hydrogen-bond acceptors (Lipinski definition) is 4. The zero-order valence-corrected chi connectivity index (χ0v) is 17.2. The summed E-state index contributed by atoms with van der Waals surface area (Å²) in [4.78, 5) is 27.8. The number of amides is 2. The van der Waals surface area contributed by atoms with Crippen molar-refractivity contribution in [3.8, 4) is 0 Å². The van der Waals surface area contributed by atoms with Crippen LogP contribution >= 0.6 is 0 Å². The fraction of sp³-hybridized carbons (Fsp3) is 0.318. The molecule has 3 heterocycles. The number of alkyl halides is 3. The van der Waals surface area contributed by atoms with Crippen LogP contribution in [0.1, 0.15) is 28.8 Å². The molecule has 0 aliphatic carbocycles. The molecule has 1 aromatic heterocycles. The van der Waals surface area contributed by atoms with Crippen molar-refractivity contribution in [2.24, 2.45) is 0 Å². The van der Waals surface area contributed by atoms with Crippen LogP contribution in [0.3, 0.4) is 0 Å². The molecule has 2 aliphatic heterocycles. The predicted molar refractivity (Wildman–Crippen MR) is 111 cm³/mol. The molecule has 2 aliphatic rings. The van der Waals surface area contributed by atoms with E-state index in [1.165, 1.54) is 4.90 Å². The molecular formula is C22H19F4N5O2. The van der Waals surface area contributed by atoms with Crippen LogP contribution in [0, 0.1) is 5.95 Å². The highest BCUT2D eigenvalue weighted by atomic mass is 19.4. The van der Waals surface area contributed by atoms with Crippen molar-refractivity contribution in [2.75, 3.05) is 18.4 Å². The molecule has 0 spiro atoms. The third kappa shape index (κ3) is 3.77. The van der Waals surface area contributed by atoms with Gasteiger partial charge in [0.2, 0.25) is 11.9 Å². The van der Waals surface area contributed by atoms with E-state index < -0.39 is 36.5 Å². The molecule has 0 radical (unpaired) electrons. The van der Waals surface area contributed by atoms with Crippen LogP contribution in [-0.2, 0) is 11.3 Å². The first-order valence-corrected chi connectivity index (χ1v) is 10.4. The van der Waals surface area contributed by atoms with Gasteiger partial charge in [0.1, 0.15) is 12.6 Å². The number of likely N-dealkylation sites (tertiary alicyclic amines) is 1. The van der Waals surface area contributed by atoms with E-state index in [0.29, 0.717) is 28.0 Å². The molecular weight excluding hydrogens is 442 g/mol. The Balaban J connectivity index is 1.35. The summed E-state index contributed by atoms with van der Waals surface area (Å²) in [6, 6.07) is 8.24. The Morgan fingerprint density at radius 3 is 2.85 bits per heavy atom. The third-order valence-corrected chi connectivity index (χ3v) is 6.09. The average molecular weight is 461 g/mol. The number of carbonyl (C=O) groups is 2. The summed E-state index contributed by atoms with van der Waals surface area (Å²) in [5, 5.41) is 9.47. The first-order chi connectivity index (χ1) is 15.7. The lowest BCUT2D eigenvalue weighted by atomic mass is 10.1. The zero-order chi connectivity index (χ0) is 23.3. The van der Waals surface area contributed by atoms with Gasteiger partial charge in [0.05, 0.1) is 22.2 Å². The monoisotopic (exact) mass is 461 g/mol. The van der Waals surface area contributed by atoms with Crippen molar-refractivity contribution in [2.45, 2.75) is 31.6 Å². The van der Waals surface area contributed by atoms with Gasteiger partial charge >= 0.3 is 6.18 Å². The maximum Gasteiger partial charge on any atom is 0.408 e. The standard InChI is InChI=1S/C22H19F4N5O2/c23-20-14-9-13(6-7-15(14)28-29-20)27-16-4-1-3-12-10-30(21(33)19(12)16)11-18(32)31-8-2-5-17(31)22(24,25)26/h1,3-4,6-7,9,17,27H,2,5,8,10-11H2,(H,28,29)/t17-/m0/s1. The lowest BCUT2D eigenvalue weighted by molar-refractivity contribution is -0.182. The highest BCUT2D eigenvalue weighted by Gasteiger charge is 2.48. The zero-order valence-electron chi connectivity index (χ0n) is 17.2. The number of carbonyl (C=O) groups excluding carboxylic acids is 2. The second-order valence-electron chi connectivity index (χ2n) is 8.19. The van der Waals surface area contributed by atoms with E-state index in [-0.39, 0.29) is 31.3 Å². The molecule has 2 aromatic carbocycles. The summed E-state index contributed by atoms with van der Waals surface area (Å²) < 4.78 is 53.5. The van der Waals surface area contributed by atoms with E-state index >= 15 is 0 Å². The Morgan fingerprint density at radius 2 is 2.06 bits per heavy atom. The first-order valence-electron chi connectivity index (χ1n) is 10.4. The van der Waals surface area contributed by atoms with Gasteiger partial charge in [-0.1, -0.05) is 12.1 Å². The minimum absolute atomic E-state index is 0.0256. The fourth-order valence-electron chi connectivity index (χ4n) is 4.53. The number of nitrogens with one attached hydrogen (secondary N) is 2. The molecule has 7 nitrogen and oxygen atoms in total. The van der Waals surface area contributed by atoms with Gasteiger partial charge in [0.25, 0.3) is 5.91 Å². The average Bonchev–Trinajstić information content (AvgIpc) is 3.47. The smallest absolute Gasteiger partial charge is 0.355 e. The Bertz CT molecular complexity index is 1260. The summed E-state index contributed by atoms with van der Waals surface area (Å²) in [7, 11) is 0. The SMILES string of the molecule is O=C1c2c(cccc2Nc2ccc3[nH]nc(F)c3c2)CN1CC(=O)N1CCC[C@H]1C(F)(F)F. The molecule has 33 heavy (non-hydrogen) atoms. The Labute approximate surface area is 185 Å². The van der Waals surface area contributed by atoms with Crippen LogP contribution in [0.5, 0.6) is 0 Å². The molecule has 1 saturated heterocycles. The summed E-state index contributed by atoms with van der Waals surface area (Å²) in [5.41, 5.74) is 2.51. The highest BCUT2D eigenvalue weighted by molar-refractivity contribution is 6.05. The van der Waals surface area contributed by atoms with Crippen molar-refractivity contribution in [1.29, 1.82) is 0 Å². The molecule has 2 amide bonds. The largest absolute Gasteiger partial charge is 0.408 e. The summed E-state index contributed by atoms with van der Waals surface area (Å²) >= 11 is 0. The molecule has 0 bridgehead atoms. The van der Waals surface area contributed by atoms with Crippen LogP contribution in [-0.4, -0.2) is 57.1 Å². The van der Waals surface area contributed by atoms with Crippen LogP contribution in [0.2, 0.25) is 0 Å². The minimum atomic E-state index is -4.49. The van der Waals surface area contributed by atoms with Crippen molar-refractivity contribution in [3.63, 3.8) is 0 Å². The molecule has 172 valence electrons. The van der Waals surface area contributed by atoms with Gasteiger partial charge in [-0.3, -0.25) is 14.7 Å². The Kier molecular flexibility index (Phi) is 4.98. The van der Waals surface area contributed by atoms with Gasteiger partial charge in [-0.25, -0.2) is 0 Å². The number of aromatic nitrogens is 2. The van der Waals surface area contributed by atoms with Crippen LogP contribution < -0.4 is 5.32 Å². The maximum absolute atomic E-state index is 13.8. The number of halogens is 4. The second-order valence-corrected chi connectivity index (χ2v) is 8.19. The van der Waals surface area contributed by atoms with E-state index in [1.54, 1.807) is 36.4 Å². The molecule has 1 atom stereocenters. The topological polar surface area (TPSA) is 81.3 Å². The highest BCUT2D eigenvalue weighted by Crippen LogP contribution is 2.35. The molecule has 5 rings (SSSR count). The minimum Gasteiger partial charge on any atom is -0.355 e. The third-order valence-electron chi connectivity index (χ3n) is 6.09. The van der Waals surface area contributed by atoms with Crippen molar-refractivity contribution in [3.05, 3.63) is 53.5 Å². The van der Waals surface area contributed by atoms with Crippen molar-refractivity contribution in [1.82, 2.24) is 20.0 Å². The van der Waals surface area contributed by atoms with Crippen molar-refractivity contribution < 1.29 is 27.2 Å². The number of rotatable bonds is 4. The number of nitrogens with zero attached hydrogens (tertiary/aromatic N) is 3. The van der Waals surface area contributed by atoms with Crippen molar-refractivity contribution >= 4 is 34.1 Å². The van der Waals surface area contributed by atoms with Gasteiger partial charge in [-0.2, -0.15) is 17.6 Å². The molecule has 0 unspecified atom stereocenters. The number of H-pyrrole nitrogens is 1. The molecule has 3 aromatic rings. The maximum atomic E-state index is 13.8. The Morgan fingerprint density at radius 1 is 1.24 bits per heavy atom. The molecule has 0 saturated carbocycles. The number of hydrogen-bond donors (Lipinski definition) is 2. The first kappa shape index (κ1) is 21.2. The lowest BCUT2D eigenvalue weighted by Gasteiger charge is -2.28. The van der Waals surface area contributed by atoms with E-state index in [1.807, 2.05) is 0 Å².